The molecule has 0 fully saturated rings. The second kappa shape index (κ2) is 5.88. The van der Waals surface area contributed by atoms with Crippen LogP contribution in [-0.2, 0) is 7.05 Å². The monoisotopic (exact) mass is 342 g/mol. The van der Waals surface area contributed by atoms with Gasteiger partial charge in [0, 0.05) is 22.8 Å². The second-order valence-electron chi connectivity index (χ2n) is 4.03. The lowest BCUT2D eigenvalue weighted by Crippen LogP contribution is -2.20. The quantitative estimate of drug-likeness (QED) is 0.800. The first-order chi connectivity index (χ1) is 9.00. The first-order valence-corrected chi connectivity index (χ1v) is 7.31. The molecule has 0 aliphatic heterocycles. The van der Waals surface area contributed by atoms with Gasteiger partial charge >= 0.3 is 0 Å². The number of halogens is 2. The molecule has 1 unspecified atom stereocenters. The molecule has 0 aliphatic carbocycles. The summed E-state index contributed by atoms with van der Waals surface area (Å²) < 4.78 is 15.4. The molecule has 0 saturated heterocycles. The lowest BCUT2D eigenvalue weighted by atomic mass is 10.1. The second-order valence-corrected chi connectivity index (χ2v) is 6.21. The minimum Gasteiger partial charge on any atom is -0.266 e. The van der Waals surface area contributed by atoms with Gasteiger partial charge in [-0.05, 0) is 28.9 Å². The summed E-state index contributed by atoms with van der Waals surface area (Å²) >= 11 is 4.66. The van der Waals surface area contributed by atoms with Crippen LogP contribution in [0.2, 0.25) is 0 Å². The number of benzene rings is 1. The summed E-state index contributed by atoms with van der Waals surface area (Å²) in [5.74, 6) is -0.240. The summed E-state index contributed by atoms with van der Waals surface area (Å²) in [5, 5.41) is 3.86. The van der Waals surface area contributed by atoms with Crippen LogP contribution >= 0.6 is 27.7 Å². The Morgan fingerprint density at radius 1 is 1.42 bits per heavy atom. The zero-order chi connectivity index (χ0) is 14.0. The molecule has 1 atom stereocenters. The Kier molecular flexibility index (Phi) is 4.42. The Morgan fingerprint density at radius 3 is 2.79 bits per heavy atom. The molecule has 100 valence electrons. The van der Waals surface area contributed by atoms with Crippen molar-refractivity contribution in [2.45, 2.75) is 17.1 Å². The van der Waals surface area contributed by atoms with Crippen molar-refractivity contribution >= 4 is 27.7 Å². The molecule has 2 rings (SSSR count). The highest BCUT2D eigenvalue weighted by Gasteiger charge is 2.15. The van der Waals surface area contributed by atoms with E-state index in [-0.39, 0.29) is 16.6 Å². The number of aromatic nitrogens is 2. The van der Waals surface area contributed by atoms with Crippen LogP contribution in [0.5, 0.6) is 0 Å². The zero-order valence-electron chi connectivity index (χ0n) is 10.4. The van der Waals surface area contributed by atoms with Crippen LogP contribution in [0.3, 0.4) is 0 Å². The van der Waals surface area contributed by atoms with Crippen LogP contribution in [0.25, 0.3) is 0 Å². The minimum absolute atomic E-state index is 0.105. The number of aryl methyl sites for hydroxylation is 1. The van der Waals surface area contributed by atoms with E-state index in [2.05, 4.69) is 21.0 Å². The van der Waals surface area contributed by atoms with Crippen LogP contribution in [0.15, 0.2) is 44.6 Å². The highest BCUT2D eigenvalue weighted by atomic mass is 79.9. The summed E-state index contributed by atoms with van der Waals surface area (Å²) in [6, 6.07) is 6.64. The maximum atomic E-state index is 13.7. The molecule has 0 saturated carbocycles. The van der Waals surface area contributed by atoms with E-state index in [9.17, 15) is 9.18 Å². The first-order valence-electron chi connectivity index (χ1n) is 5.63. The molecular formula is C13H12BrFN2OS. The van der Waals surface area contributed by atoms with Gasteiger partial charge in [0.05, 0.1) is 10.7 Å². The van der Waals surface area contributed by atoms with E-state index in [0.717, 1.165) is 0 Å². The van der Waals surface area contributed by atoms with Gasteiger partial charge in [0.2, 0.25) is 0 Å². The highest BCUT2D eigenvalue weighted by Crippen LogP contribution is 2.37. The summed E-state index contributed by atoms with van der Waals surface area (Å²) in [4.78, 5) is 12.4. The number of hydrogen-bond acceptors (Lipinski definition) is 3. The first kappa shape index (κ1) is 14.3. The maximum Gasteiger partial charge on any atom is 0.281 e. The van der Waals surface area contributed by atoms with Crippen molar-refractivity contribution < 1.29 is 4.39 Å². The van der Waals surface area contributed by atoms with Gasteiger partial charge in [0.15, 0.2) is 0 Å². The molecule has 1 aromatic carbocycles. The Morgan fingerprint density at radius 2 is 2.11 bits per heavy atom. The molecule has 19 heavy (non-hydrogen) atoms. The minimum atomic E-state index is -0.240. The van der Waals surface area contributed by atoms with E-state index >= 15 is 0 Å². The van der Waals surface area contributed by atoms with Gasteiger partial charge < -0.3 is 0 Å². The van der Waals surface area contributed by atoms with E-state index in [4.69, 9.17) is 0 Å². The van der Waals surface area contributed by atoms with Crippen molar-refractivity contribution in [2.75, 3.05) is 0 Å². The van der Waals surface area contributed by atoms with E-state index in [1.807, 2.05) is 6.92 Å². The number of rotatable bonds is 3. The lowest BCUT2D eigenvalue weighted by molar-refractivity contribution is 0.611. The van der Waals surface area contributed by atoms with E-state index in [1.165, 1.54) is 22.5 Å². The average molecular weight is 343 g/mol. The fourth-order valence-electron chi connectivity index (χ4n) is 1.64. The molecular weight excluding hydrogens is 331 g/mol. The molecule has 0 radical (unpaired) electrons. The summed E-state index contributed by atoms with van der Waals surface area (Å²) in [6.07, 6.45) is 1.60. The van der Waals surface area contributed by atoms with Crippen LogP contribution in [0.1, 0.15) is 17.7 Å². The molecule has 1 aromatic heterocycles. The lowest BCUT2D eigenvalue weighted by Gasteiger charge is -2.13. The van der Waals surface area contributed by atoms with Gasteiger partial charge in [-0.3, -0.25) is 4.79 Å². The van der Waals surface area contributed by atoms with Crippen molar-refractivity contribution in [3.8, 4) is 0 Å². The van der Waals surface area contributed by atoms with Crippen LogP contribution < -0.4 is 5.56 Å². The van der Waals surface area contributed by atoms with Gasteiger partial charge in [0.25, 0.3) is 5.56 Å². The summed E-state index contributed by atoms with van der Waals surface area (Å²) in [7, 11) is 1.59. The average Bonchev–Trinajstić information content (AvgIpc) is 2.40. The molecule has 6 heteroatoms. The fraction of sp³-hybridized carbons (Fsp3) is 0.231. The Bertz CT molecular complexity index is 659. The Balaban J connectivity index is 2.30. The highest BCUT2D eigenvalue weighted by molar-refractivity contribution is 9.10. The molecule has 0 bridgehead atoms. The molecule has 0 spiro atoms. The van der Waals surface area contributed by atoms with Crippen molar-refractivity contribution in [3.63, 3.8) is 0 Å². The van der Waals surface area contributed by atoms with Crippen LogP contribution in [0, 0.1) is 5.82 Å². The van der Waals surface area contributed by atoms with E-state index in [0.29, 0.717) is 14.9 Å². The number of thioether (sulfide) groups is 1. The van der Waals surface area contributed by atoms with Crippen molar-refractivity contribution in [1.29, 1.82) is 0 Å². The molecule has 0 N–H and O–H groups in total. The van der Waals surface area contributed by atoms with Gasteiger partial charge in [0.1, 0.15) is 5.82 Å². The number of hydrogen-bond donors (Lipinski definition) is 0. The van der Waals surface area contributed by atoms with Crippen LogP contribution in [-0.4, -0.2) is 9.78 Å². The summed E-state index contributed by atoms with van der Waals surface area (Å²) in [6.45, 7) is 1.90. The SMILES string of the molecule is CC(Sc1cnn(C)c(=O)c1Br)c1ccccc1F. The molecule has 1 heterocycles. The van der Waals surface area contributed by atoms with Gasteiger partial charge in [-0.15, -0.1) is 11.8 Å². The van der Waals surface area contributed by atoms with Gasteiger partial charge in [-0.1, -0.05) is 18.2 Å². The third kappa shape index (κ3) is 3.06. The molecule has 3 nitrogen and oxygen atoms in total. The largest absolute Gasteiger partial charge is 0.281 e. The van der Waals surface area contributed by atoms with Crippen molar-refractivity contribution in [3.05, 3.63) is 56.7 Å². The summed E-state index contributed by atoms with van der Waals surface area (Å²) in [5.41, 5.74) is 0.408. The number of nitrogens with zero attached hydrogens (tertiary/aromatic N) is 2. The van der Waals surface area contributed by atoms with E-state index in [1.54, 1.807) is 31.4 Å². The molecule has 2 aromatic rings. The maximum absolute atomic E-state index is 13.7. The van der Waals surface area contributed by atoms with Gasteiger partial charge in [-0.2, -0.15) is 5.10 Å². The predicted octanol–water partition coefficient (Wildman–Crippen LogP) is 3.54. The predicted molar refractivity (Wildman–Crippen MR) is 77.9 cm³/mol. The smallest absolute Gasteiger partial charge is 0.266 e. The Labute approximate surface area is 123 Å². The van der Waals surface area contributed by atoms with Crippen molar-refractivity contribution in [2.24, 2.45) is 7.05 Å². The van der Waals surface area contributed by atoms with Crippen molar-refractivity contribution in [1.82, 2.24) is 9.78 Å². The topological polar surface area (TPSA) is 34.9 Å². The van der Waals surface area contributed by atoms with Gasteiger partial charge in [-0.25, -0.2) is 9.07 Å². The normalized spacial score (nSPS) is 12.4. The third-order valence-corrected chi connectivity index (χ3v) is 4.89. The fourth-order valence-corrected chi connectivity index (χ4v) is 3.27. The van der Waals surface area contributed by atoms with Crippen LogP contribution in [0.4, 0.5) is 4.39 Å². The van der Waals surface area contributed by atoms with E-state index < -0.39 is 0 Å². The third-order valence-electron chi connectivity index (χ3n) is 2.69. The molecule has 0 amide bonds. The Hall–Kier alpha value is -1.14. The standard InChI is InChI=1S/C13H12BrFN2OS/c1-8(9-5-3-4-6-10(9)15)19-11-7-16-17(2)13(18)12(11)14/h3-8H,1-2H3. The zero-order valence-corrected chi connectivity index (χ0v) is 12.8. The molecule has 0 aliphatic rings.